The number of amides is 10. The predicted octanol–water partition coefficient (Wildman–Crippen LogP) is 15.7. The van der Waals surface area contributed by atoms with Crippen LogP contribution in [0.15, 0.2) is 213 Å². The van der Waals surface area contributed by atoms with Crippen LogP contribution in [0.3, 0.4) is 0 Å². The highest BCUT2D eigenvalue weighted by Gasteiger charge is 2.51. The predicted molar refractivity (Wildman–Crippen MR) is 575 cm³/mol. The molecule has 9 aliphatic rings. The van der Waals surface area contributed by atoms with E-state index in [2.05, 4.69) is 165 Å². The Labute approximate surface area is 873 Å². The Hall–Kier alpha value is -13.6. The zero-order valence-electron chi connectivity index (χ0n) is 86.4. The molecule has 2 unspecified atom stereocenters. The van der Waals surface area contributed by atoms with Crippen LogP contribution in [0.1, 0.15) is 187 Å². The summed E-state index contributed by atoms with van der Waals surface area (Å²) >= 11 is 0. The number of aliphatic hydroxyl groups is 2. The molecule has 2 aliphatic carbocycles. The van der Waals surface area contributed by atoms with Crippen molar-refractivity contribution >= 4 is 104 Å². The number of nitrogens with zero attached hydrogens (tertiary/aromatic N) is 19. The van der Waals surface area contributed by atoms with Gasteiger partial charge in [0.15, 0.2) is 0 Å². The zero-order chi connectivity index (χ0) is 103. The Balaban J connectivity index is 0.000000145. The van der Waals surface area contributed by atoms with E-state index in [-0.39, 0.29) is 114 Å². The van der Waals surface area contributed by atoms with Crippen molar-refractivity contribution in [2.24, 2.45) is 5.92 Å². The molecule has 10 amide bonds. The van der Waals surface area contributed by atoms with E-state index in [1.807, 2.05) is 274 Å². The largest absolute Gasteiger partial charge is 0.394 e. The van der Waals surface area contributed by atoms with Gasteiger partial charge in [-0.25, -0.2) is 82.6 Å². The van der Waals surface area contributed by atoms with Crippen molar-refractivity contribution in [3.05, 3.63) is 286 Å². The maximum absolute atomic E-state index is 13.9. The van der Waals surface area contributed by atoms with E-state index >= 15 is 0 Å². The van der Waals surface area contributed by atoms with Crippen LogP contribution in [0.5, 0.6) is 0 Å². The van der Waals surface area contributed by atoms with Crippen molar-refractivity contribution in [1.29, 1.82) is 0 Å². The molecule has 0 radical (unpaired) electrons. The number of rotatable bonds is 23. The number of piperazine rings is 1. The first-order valence-corrected chi connectivity index (χ1v) is 49.7. The molecule has 4 fully saturated rings. The monoisotopic (exact) mass is 2040 g/mol. The highest BCUT2D eigenvalue weighted by atomic mass is 32.1. The number of nitrogens with one attached hydrogen (secondary N) is 9. The fraction of sp³-hybridized carbons (Fsp3) is 0.435. The normalized spacial score (nSPS) is 18.5. The van der Waals surface area contributed by atoms with Crippen LogP contribution in [-0.4, -0.2) is 252 Å². The molecular weight excluding hydrogens is 1900 g/mol. The van der Waals surface area contributed by atoms with Crippen LogP contribution in [0.2, 0.25) is 0 Å². The quantitative estimate of drug-likeness (QED) is 0.0283. The Morgan fingerprint density at radius 3 is 1.14 bits per heavy atom. The van der Waals surface area contributed by atoms with Crippen molar-refractivity contribution < 1.29 is 43.0 Å². The number of hydrogen-bond donors (Lipinski definition) is 11. The molecule has 4 atom stereocenters. The van der Waals surface area contributed by atoms with Crippen LogP contribution in [0.25, 0.3) is 0 Å². The van der Waals surface area contributed by atoms with Gasteiger partial charge in [-0.2, -0.15) is 27.0 Å². The summed E-state index contributed by atoms with van der Waals surface area (Å²) in [5.41, 5.74) is 12.2. The summed E-state index contributed by atoms with van der Waals surface area (Å²) in [7, 11) is 8.17. The van der Waals surface area contributed by atoms with Gasteiger partial charge in [-0.05, 0) is 183 Å². The molecule has 0 bridgehead atoms. The third-order valence-electron chi connectivity index (χ3n) is 28.5. The summed E-state index contributed by atoms with van der Waals surface area (Å²) in [5, 5.41) is 47.5. The molecule has 780 valence electrons. The van der Waals surface area contributed by atoms with Crippen molar-refractivity contribution in [2.45, 2.75) is 211 Å². The smallest absolute Gasteiger partial charge is 0.321 e. The number of hydrogen-bond acceptors (Lipinski definition) is 25. The molecule has 35 nitrogen and oxygen atoms in total. The molecule has 7 aliphatic heterocycles. The molecule has 39 heteroatoms. The highest BCUT2D eigenvalue weighted by Crippen LogP contribution is 2.46. The van der Waals surface area contributed by atoms with Crippen molar-refractivity contribution in [3.8, 4) is 0 Å². The Morgan fingerprint density at radius 1 is 0.422 bits per heavy atom. The number of urea groups is 5. The number of aliphatic hydroxyl groups excluding tert-OH is 2. The third-order valence-corrected chi connectivity index (χ3v) is 28.5. The van der Waals surface area contributed by atoms with Gasteiger partial charge in [-0.3, -0.25) is 0 Å². The van der Waals surface area contributed by atoms with Gasteiger partial charge >= 0.3 is 30.2 Å². The number of anilines is 8. The number of halogens is 2. The van der Waals surface area contributed by atoms with E-state index in [0.29, 0.717) is 61.6 Å². The third kappa shape index (κ3) is 26.0. The average molecular weight is 2040 g/mol. The number of benzene rings is 6. The second-order valence-corrected chi connectivity index (χ2v) is 41.7. The lowest BCUT2D eigenvalue weighted by Crippen LogP contribution is -2.60. The number of carbonyl (C=O) groups is 5. The molecule has 147 heavy (non-hydrogen) atoms. The molecule has 11 aromatic rings. The molecule has 2 saturated carbocycles. The average Bonchev–Trinajstić information content (AvgIpc) is 1.55. The maximum atomic E-state index is 13.9. The van der Waals surface area contributed by atoms with Crippen molar-refractivity contribution in [3.63, 3.8) is 0 Å². The summed E-state index contributed by atoms with van der Waals surface area (Å²) < 4.78 is 26.1. The lowest BCUT2D eigenvalue weighted by Gasteiger charge is -2.44. The Bertz CT molecular complexity index is 6320. The number of para-hydroxylation sites is 3. The molecule has 0 spiro atoms. The van der Waals surface area contributed by atoms with E-state index in [1.54, 1.807) is 16.0 Å². The molecule has 2 saturated heterocycles. The highest BCUT2D eigenvalue weighted by molar-refractivity contribution is 7.59. The second kappa shape index (κ2) is 46.7. The summed E-state index contributed by atoms with van der Waals surface area (Å²) in [6, 6.07) is 57.2. The van der Waals surface area contributed by atoms with E-state index in [9.17, 15) is 43.0 Å². The number of alkyl halides is 2. The van der Waals surface area contributed by atoms with Crippen LogP contribution in [-0.2, 0) is 66.8 Å². The number of carbonyl (C=O) groups excluding carboxylic acids is 5. The lowest BCUT2D eigenvalue weighted by molar-refractivity contribution is -0.0795. The summed E-state index contributed by atoms with van der Waals surface area (Å²) in [4.78, 5) is 129. The van der Waals surface area contributed by atoms with E-state index in [4.69, 9.17) is 4.98 Å². The number of likely N-dealkylation sites (tertiary alicyclic amines) is 1. The number of fused-ring (bicyclic) bond motifs is 5. The molecule has 6 aromatic carbocycles. The topological polar surface area (TPSA) is 392 Å². The summed E-state index contributed by atoms with van der Waals surface area (Å²) in [5.74, 6) is 0.687. The van der Waals surface area contributed by atoms with E-state index < -0.39 is 45.7 Å². The van der Waals surface area contributed by atoms with Crippen LogP contribution in [0, 0.1) is 5.92 Å². The Kier molecular flexibility index (Phi) is 34.6. The minimum absolute atomic E-state index is 0. The molecule has 11 N–H and O–H groups in total. The zero-order valence-corrected chi connectivity index (χ0v) is 88.4. The standard InChI is InChI=1S/C27H32N6O.C21H25F2N5O2.C21H27N5O2.C20H28N6O.C19H24N6O.2H2S/c1-27(2)23-17-28-25(29-21-12-8-5-9-13-21)30-24(23)19-33(27)26(34)32-15-14-31(3)18-22(32)16-20-10-6-4-7-11-20;1-20(2)15-10-24-18(25-14-8-21(22,23)9-14)26-16(15)11-28(20)19(30)27-17(12-29)13-6-4-3-5-7-13;1-21(2)16-11-23-19(22-10-14-8-9-14)24-17(16)12-26(21)20(28)25-18(13-27)15-6-4-3-5-7-15;1-14(12-25(4)5)22-19(27)26-13-17-16(20(26,2)3)11-21-18(24-17)23-15-9-7-6-8-10-15;1-19(2)15-9-20-17(21-13-7-5-4-6-8-13)23-16(15)12-25(19)18(26)22-14-10-24(3)11-14;;/h4-13,17,22H,14-16,18-19H2,1-3H3,(H,28,29,30);3-7,10,14,17,29H,8-9,11-12H2,1-2H3,(H,27,30)(H,24,25,26);3-7,11,14,18,27H,8-10,12-13H2,1-2H3,(H,25,28)(H,22,23,24);6-11,14H,12-13H2,1-5H3,(H,22,27)(H,21,23,24);4-9,14H,10-12H2,1-3H3,(H,22,26)(H,20,21,23);2*1H2/t;17-;18-;;;;/m.11..../s1. The van der Waals surface area contributed by atoms with Gasteiger partial charge < -0.3 is 102 Å². The van der Waals surface area contributed by atoms with Gasteiger partial charge in [0.2, 0.25) is 29.7 Å². The van der Waals surface area contributed by atoms with E-state index in [1.165, 1.54) is 18.4 Å². The van der Waals surface area contributed by atoms with Gasteiger partial charge in [-0.1, -0.05) is 146 Å². The first-order chi connectivity index (χ1) is 69.3. The first kappa shape index (κ1) is 109. The van der Waals surface area contributed by atoms with Crippen LogP contribution >= 0.6 is 27.0 Å². The first-order valence-electron chi connectivity index (χ1n) is 49.7. The summed E-state index contributed by atoms with van der Waals surface area (Å²) in [6.45, 7) is 29.8. The van der Waals surface area contributed by atoms with Gasteiger partial charge in [-0.15, -0.1) is 0 Å². The van der Waals surface area contributed by atoms with Crippen LogP contribution < -0.4 is 47.9 Å². The van der Waals surface area contributed by atoms with Crippen molar-refractivity contribution in [2.75, 3.05) is 114 Å². The fourth-order valence-corrected chi connectivity index (χ4v) is 19.8. The van der Waals surface area contributed by atoms with Gasteiger partial charge in [0.25, 0.3) is 5.92 Å². The van der Waals surface area contributed by atoms with Gasteiger partial charge in [0.05, 0.1) is 126 Å². The van der Waals surface area contributed by atoms with Crippen molar-refractivity contribution in [1.82, 2.24) is 115 Å². The van der Waals surface area contributed by atoms with E-state index in [0.717, 1.165) is 137 Å². The molecule has 12 heterocycles. The van der Waals surface area contributed by atoms with Crippen LogP contribution in [0.4, 0.5) is 79.6 Å². The molecule has 20 rings (SSSR count). The Morgan fingerprint density at radius 2 is 0.762 bits per heavy atom. The SMILES string of the molecule is CC(CN(C)C)NC(=O)N1Cc2nc(Nc3ccccc3)ncc2C1(C)C.CC1(C)c2cnc(NC3CC(F)(F)C3)nc2CN1C(=O)N[C@H](CO)c1ccccc1.CC1(C)c2cnc(NCC3CC3)nc2CN1C(=O)N[C@H](CO)c1ccccc1.CN1CC(NC(=O)N2Cc3nc(Nc4ccccc4)ncc3C2(C)C)C1.CN1CCN(C(=O)N2Cc3nc(Nc4ccccc4)ncc3C2(C)C)C(Cc2ccccc2)C1.S.S. The molecular formula is C108H140F2N28O7S2. The summed E-state index contributed by atoms with van der Waals surface area (Å²) in [6.07, 6.45) is 11.9. The molecule has 5 aromatic heterocycles. The minimum atomic E-state index is -2.62. The maximum Gasteiger partial charge on any atom is 0.321 e. The van der Waals surface area contributed by atoms with Gasteiger partial charge in [0.1, 0.15) is 0 Å². The minimum Gasteiger partial charge on any atom is -0.394 e. The second-order valence-electron chi connectivity index (χ2n) is 41.7. The number of likely N-dealkylation sites (N-methyl/N-ethyl adjacent to an activating group) is 3. The fourth-order valence-electron chi connectivity index (χ4n) is 19.8. The lowest BCUT2D eigenvalue weighted by atomic mass is 9.88. The van der Waals surface area contributed by atoms with Gasteiger partial charge in [0, 0.05) is 147 Å². The number of aromatic nitrogens is 10.